The molecule has 1 atom stereocenters. The Kier molecular flexibility index (Phi) is 3.95. The Morgan fingerprint density at radius 3 is 2.67 bits per heavy atom. The van der Waals surface area contributed by atoms with Gasteiger partial charge in [-0.1, -0.05) is 54.1 Å². The van der Waals surface area contributed by atoms with Crippen LogP contribution < -0.4 is 0 Å². The molecule has 0 aromatic heterocycles. The van der Waals surface area contributed by atoms with E-state index < -0.39 is 12.0 Å². The molecule has 0 aliphatic carbocycles. The first-order chi connectivity index (χ1) is 10.2. The lowest BCUT2D eigenvalue weighted by molar-refractivity contribution is -0.144. The smallest absolute Gasteiger partial charge is 0.325 e. The van der Waals surface area contributed by atoms with Crippen LogP contribution in [0.2, 0.25) is 5.02 Å². The fourth-order valence-electron chi connectivity index (χ4n) is 2.92. The first-order valence-electron chi connectivity index (χ1n) is 6.95. The molecule has 1 aliphatic heterocycles. The second-order valence-electron chi connectivity index (χ2n) is 5.25. The van der Waals surface area contributed by atoms with Crippen molar-refractivity contribution in [1.29, 1.82) is 0 Å². The Bertz CT molecular complexity index is 671. The van der Waals surface area contributed by atoms with Gasteiger partial charge in [0.15, 0.2) is 0 Å². The maximum absolute atomic E-state index is 11.7. The second-order valence-corrected chi connectivity index (χ2v) is 5.66. The van der Waals surface area contributed by atoms with Crippen molar-refractivity contribution < 1.29 is 9.90 Å². The van der Waals surface area contributed by atoms with Crippen LogP contribution in [-0.4, -0.2) is 22.5 Å². The van der Waals surface area contributed by atoms with E-state index in [9.17, 15) is 9.90 Å². The van der Waals surface area contributed by atoms with Crippen LogP contribution in [0.5, 0.6) is 0 Å². The van der Waals surface area contributed by atoms with Crippen molar-refractivity contribution in [2.24, 2.45) is 0 Å². The van der Waals surface area contributed by atoms with E-state index in [1.807, 2.05) is 53.4 Å². The summed E-state index contributed by atoms with van der Waals surface area (Å²) in [5.41, 5.74) is 2.98. The van der Waals surface area contributed by atoms with Gasteiger partial charge in [0.05, 0.1) is 0 Å². The first kappa shape index (κ1) is 14.1. The van der Waals surface area contributed by atoms with Crippen molar-refractivity contribution in [2.75, 3.05) is 6.54 Å². The van der Waals surface area contributed by atoms with E-state index in [0.717, 1.165) is 29.7 Å². The van der Waals surface area contributed by atoms with E-state index in [2.05, 4.69) is 0 Å². The van der Waals surface area contributed by atoms with Crippen LogP contribution in [0.15, 0.2) is 48.5 Å². The minimum Gasteiger partial charge on any atom is -0.480 e. The van der Waals surface area contributed by atoms with Crippen molar-refractivity contribution in [1.82, 2.24) is 4.90 Å². The zero-order valence-corrected chi connectivity index (χ0v) is 12.3. The number of halogens is 1. The van der Waals surface area contributed by atoms with E-state index in [1.54, 1.807) is 0 Å². The van der Waals surface area contributed by atoms with E-state index >= 15 is 0 Å². The van der Waals surface area contributed by atoms with Crippen molar-refractivity contribution in [2.45, 2.75) is 19.0 Å². The summed E-state index contributed by atoms with van der Waals surface area (Å²) in [7, 11) is 0. The number of hydrogen-bond acceptors (Lipinski definition) is 2. The largest absolute Gasteiger partial charge is 0.480 e. The van der Waals surface area contributed by atoms with Crippen LogP contribution in [0, 0.1) is 0 Å². The molecule has 108 valence electrons. The Labute approximate surface area is 128 Å². The van der Waals surface area contributed by atoms with Gasteiger partial charge >= 0.3 is 5.97 Å². The van der Waals surface area contributed by atoms with Gasteiger partial charge in [-0.15, -0.1) is 0 Å². The van der Waals surface area contributed by atoms with E-state index in [0.29, 0.717) is 11.6 Å². The molecule has 1 unspecified atom stereocenters. The summed E-state index contributed by atoms with van der Waals surface area (Å²) in [6.45, 7) is 1.27. The fourth-order valence-corrected chi connectivity index (χ4v) is 3.12. The minimum atomic E-state index is -0.811. The summed E-state index contributed by atoms with van der Waals surface area (Å²) >= 11 is 6.20. The molecule has 2 aromatic rings. The Morgan fingerprint density at radius 2 is 1.90 bits per heavy atom. The Hall–Kier alpha value is -1.84. The number of benzene rings is 2. The Balaban J connectivity index is 1.93. The van der Waals surface area contributed by atoms with Gasteiger partial charge in [0, 0.05) is 18.1 Å². The van der Waals surface area contributed by atoms with E-state index in [-0.39, 0.29) is 0 Å². The number of carboxylic acids is 1. The van der Waals surface area contributed by atoms with E-state index in [4.69, 9.17) is 11.6 Å². The van der Waals surface area contributed by atoms with Crippen LogP contribution in [-0.2, 0) is 17.8 Å². The molecule has 1 N–H and O–H groups in total. The van der Waals surface area contributed by atoms with Crippen LogP contribution >= 0.6 is 11.6 Å². The standard InChI is InChI=1S/C17H16ClNO2/c18-15-8-4-2-6-13(15)11-19-10-9-12-5-1-3-7-14(12)16(19)17(20)21/h1-8,16H,9-11H2,(H,20,21). The lowest BCUT2D eigenvalue weighted by Crippen LogP contribution is -2.39. The lowest BCUT2D eigenvalue weighted by Gasteiger charge is -2.34. The first-order valence-corrected chi connectivity index (χ1v) is 7.32. The van der Waals surface area contributed by atoms with Crippen LogP contribution in [0.1, 0.15) is 22.7 Å². The molecule has 0 radical (unpaired) electrons. The summed E-state index contributed by atoms with van der Waals surface area (Å²) in [5.74, 6) is -0.811. The molecular formula is C17H16ClNO2. The van der Waals surface area contributed by atoms with Crippen molar-refractivity contribution >= 4 is 17.6 Å². The monoisotopic (exact) mass is 301 g/mol. The molecule has 3 rings (SSSR count). The van der Waals surface area contributed by atoms with Gasteiger partial charge < -0.3 is 5.11 Å². The average molecular weight is 302 g/mol. The maximum Gasteiger partial charge on any atom is 0.325 e. The third-order valence-electron chi connectivity index (χ3n) is 3.95. The van der Waals surface area contributed by atoms with Crippen molar-refractivity contribution in [3.63, 3.8) is 0 Å². The quantitative estimate of drug-likeness (QED) is 0.943. The van der Waals surface area contributed by atoms with Crippen LogP contribution in [0.4, 0.5) is 0 Å². The number of hydrogen-bond donors (Lipinski definition) is 1. The molecule has 0 fully saturated rings. The van der Waals surface area contributed by atoms with Crippen molar-refractivity contribution in [3.8, 4) is 0 Å². The molecule has 21 heavy (non-hydrogen) atoms. The van der Waals surface area contributed by atoms with Gasteiger partial charge in [-0.25, -0.2) is 0 Å². The maximum atomic E-state index is 11.7. The lowest BCUT2D eigenvalue weighted by atomic mass is 9.92. The molecule has 3 nitrogen and oxygen atoms in total. The SMILES string of the molecule is O=C(O)C1c2ccccc2CCN1Cc1ccccc1Cl. The summed E-state index contributed by atoms with van der Waals surface area (Å²) in [6, 6.07) is 14.8. The number of nitrogens with zero attached hydrogens (tertiary/aromatic N) is 1. The molecule has 1 heterocycles. The zero-order chi connectivity index (χ0) is 14.8. The predicted octanol–water partition coefficient (Wildman–Crippen LogP) is 3.52. The van der Waals surface area contributed by atoms with Gasteiger partial charge in [0.1, 0.15) is 6.04 Å². The second kappa shape index (κ2) is 5.88. The normalized spacial score (nSPS) is 18.2. The molecule has 0 saturated carbocycles. The number of fused-ring (bicyclic) bond motifs is 1. The van der Waals surface area contributed by atoms with Crippen molar-refractivity contribution in [3.05, 3.63) is 70.2 Å². The highest BCUT2D eigenvalue weighted by Crippen LogP contribution is 2.32. The number of carboxylic acid groups (broad SMARTS) is 1. The highest BCUT2D eigenvalue weighted by Gasteiger charge is 2.32. The Morgan fingerprint density at radius 1 is 1.19 bits per heavy atom. The molecule has 4 heteroatoms. The average Bonchev–Trinajstić information content (AvgIpc) is 2.49. The molecule has 1 aliphatic rings. The summed E-state index contributed by atoms with van der Waals surface area (Å²) in [6.07, 6.45) is 0.865. The summed E-state index contributed by atoms with van der Waals surface area (Å²) in [5, 5.41) is 10.3. The van der Waals surface area contributed by atoms with Crippen LogP contribution in [0.25, 0.3) is 0 Å². The number of rotatable bonds is 3. The number of aliphatic carboxylic acids is 1. The topological polar surface area (TPSA) is 40.5 Å². The van der Waals surface area contributed by atoms with Crippen LogP contribution in [0.3, 0.4) is 0 Å². The zero-order valence-electron chi connectivity index (χ0n) is 11.5. The van der Waals surface area contributed by atoms with Gasteiger partial charge in [0.25, 0.3) is 0 Å². The highest BCUT2D eigenvalue weighted by atomic mass is 35.5. The highest BCUT2D eigenvalue weighted by molar-refractivity contribution is 6.31. The van der Waals surface area contributed by atoms with E-state index in [1.165, 1.54) is 0 Å². The molecule has 0 saturated heterocycles. The molecule has 2 aromatic carbocycles. The summed E-state index contributed by atoms with van der Waals surface area (Å²) in [4.78, 5) is 13.7. The van der Waals surface area contributed by atoms with Gasteiger partial charge in [-0.05, 0) is 29.2 Å². The van der Waals surface area contributed by atoms with Gasteiger partial charge in [-0.3, -0.25) is 9.69 Å². The fraction of sp³-hybridized carbons (Fsp3) is 0.235. The third kappa shape index (κ3) is 2.80. The molecular weight excluding hydrogens is 286 g/mol. The number of carbonyl (C=O) groups is 1. The van der Waals surface area contributed by atoms with Gasteiger partial charge in [-0.2, -0.15) is 0 Å². The van der Waals surface area contributed by atoms with Gasteiger partial charge in [0.2, 0.25) is 0 Å². The summed E-state index contributed by atoms with van der Waals surface area (Å²) < 4.78 is 0. The molecule has 0 amide bonds. The predicted molar refractivity (Wildman–Crippen MR) is 82.4 cm³/mol. The molecule has 0 spiro atoms. The minimum absolute atomic E-state index is 0.547. The third-order valence-corrected chi connectivity index (χ3v) is 4.32. The molecule has 0 bridgehead atoms.